The quantitative estimate of drug-likeness (QED) is 0.371. The van der Waals surface area contributed by atoms with Gasteiger partial charge >= 0.3 is 0 Å². The minimum Gasteiger partial charge on any atom is -0.485 e. The number of rotatable bonds is 4. The first-order valence-corrected chi connectivity index (χ1v) is 8.20. The van der Waals surface area contributed by atoms with Crippen LogP contribution >= 0.6 is 0 Å². The smallest absolute Gasteiger partial charge is 0.273 e. The van der Waals surface area contributed by atoms with Crippen LogP contribution in [0.3, 0.4) is 0 Å². The molecule has 2 unspecified atom stereocenters. The molecule has 125 valence electrons. The van der Waals surface area contributed by atoms with Crippen LogP contribution in [0.5, 0.6) is 5.75 Å². The van der Waals surface area contributed by atoms with Gasteiger partial charge in [0.25, 0.3) is 5.69 Å². The Kier molecular flexibility index (Phi) is 4.81. The van der Waals surface area contributed by atoms with Gasteiger partial charge in [0.1, 0.15) is 32.0 Å². The SMILES string of the molecule is C[N+](C)C1CCc2ccccc2C(Oc2cccc([N+](=O)[O-])c2)C1. The summed E-state index contributed by atoms with van der Waals surface area (Å²) in [6.45, 7) is 0. The van der Waals surface area contributed by atoms with E-state index in [0.717, 1.165) is 19.3 Å². The van der Waals surface area contributed by atoms with Gasteiger partial charge in [0.05, 0.1) is 11.0 Å². The van der Waals surface area contributed by atoms with E-state index >= 15 is 0 Å². The number of hydrogen-bond donors (Lipinski definition) is 0. The average molecular weight is 326 g/mol. The van der Waals surface area contributed by atoms with Crippen molar-refractivity contribution in [2.24, 2.45) is 0 Å². The lowest BCUT2D eigenvalue weighted by Crippen LogP contribution is -2.34. The molecule has 1 aliphatic rings. The summed E-state index contributed by atoms with van der Waals surface area (Å²) >= 11 is 0. The normalized spacial score (nSPS) is 20.3. The zero-order valence-corrected chi connectivity index (χ0v) is 14.0. The van der Waals surface area contributed by atoms with Crippen LogP contribution in [0.4, 0.5) is 5.69 Å². The van der Waals surface area contributed by atoms with Crippen molar-refractivity contribution in [2.75, 3.05) is 14.1 Å². The molecular weight excluding hydrogens is 304 g/mol. The number of fused-ring (bicyclic) bond motifs is 1. The molecule has 1 aliphatic carbocycles. The first-order chi connectivity index (χ1) is 11.5. The van der Waals surface area contributed by atoms with Crippen molar-refractivity contribution in [3.05, 3.63) is 69.8 Å². The maximum absolute atomic E-state index is 11.0. The molecule has 0 heterocycles. The Morgan fingerprint density at radius 3 is 2.67 bits per heavy atom. The monoisotopic (exact) mass is 326 g/mol. The van der Waals surface area contributed by atoms with Crippen LogP contribution in [0.1, 0.15) is 30.1 Å². The molecule has 0 aromatic heterocycles. The van der Waals surface area contributed by atoms with E-state index in [9.17, 15) is 10.1 Å². The van der Waals surface area contributed by atoms with Crippen molar-refractivity contribution >= 4 is 5.69 Å². The lowest BCUT2D eigenvalue weighted by molar-refractivity contribution is -0.385. The Hall–Kier alpha value is -2.40. The van der Waals surface area contributed by atoms with E-state index in [1.807, 2.05) is 6.07 Å². The predicted octanol–water partition coefficient (Wildman–Crippen LogP) is 3.82. The Morgan fingerprint density at radius 1 is 1.12 bits per heavy atom. The second-order valence-corrected chi connectivity index (χ2v) is 6.45. The van der Waals surface area contributed by atoms with Gasteiger partial charge < -0.3 is 4.74 Å². The lowest BCUT2D eigenvalue weighted by atomic mass is 10.0. The first-order valence-electron chi connectivity index (χ1n) is 8.20. The lowest BCUT2D eigenvalue weighted by Gasteiger charge is -2.22. The zero-order valence-electron chi connectivity index (χ0n) is 14.0. The molecular formula is C19H22N2O3+. The van der Waals surface area contributed by atoms with Crippen molar-refractivity contribution in [3.8, 4) is 5.75 Å². The highest BCUT2D eigenvalue weighted by atomic mass is 16.6. The fraction of sp³-hybridized carbons (Fsp3) is 0.368. The second-order valence-electron chi connectivity index (χ2n) is 6.45. The van der Waals surface area contributed by atoms with Crippen molar-refractivity contribution in [1.82, 2.24) is 4.90 Å². The van der Waals surface area contributed by atoms with Crippen LogP contribution in [0.15, 0.2) is 48.5 Å². The number of nitro benzene ring substituents is 1. The Balaban J connectivity index is 1.91. The number of hydrogen-bond acceptors (Lipinski definition) is 4. The van der Waals surface area contributed by atoms with E-state index in [0.29, 0.717) is 11.8 Å². The van der Waals surface area contributed by atoms with Crippen molar-refractivity contribution in [1.29, 1.82) is 0 Å². The summed E-state index contributed by atoms with van der Waals surface area (Å²) in [7, 11) is 4.18. The van der Waals surface area contributed by atoms with Gasteiger partial charge in [-0.15, -0.1) is 0 Å². The highest BCUT2D eigenvalue weighted by Crippen LogP contribution is 2.34. The maximum Gasteiger partial charge on any atom is 0.273 e. The molecule has 0 fully saturated rings. The number of nitrogens with zero attached hydrogens (tertiary/aromatic N) is 2. The van der Waals surface area contributed by atoms with Gasteiger partial charge in [0, 0.05) is 18.9 Å². The van der Waals surface area contributed by atoms with Crippen LogP contribution in [-0.4, -0.2) is 25.1 Å². The Labute approximate surface area is 142 Å². The summed E-state index contributed by atoms with van der Waals surface area (Å²) in [6.07, 6.45) is 2.87. The third kappa shape index (κ3) is 3.57. The molecule has 2 aromatic rings. The van der Waals surface area contributed by atoms with Gasteiger partial charge in [-0.2, -0.15) is 4.90 Å². The maximum atomic E-state index is 11.0. The van der Waals surface area contributed by atoms with E-state index in [1.54, 1.807) is 12.1 Å². The van der Waals surface area contributed by atoms with E-state index in [2.05, 4.69) is 37.2 Å². The van der Waals surface area contributed by atoms with E-state index < -0.39 is 4.92 Å². The van der Waals surface area contributed by atoms with Gasteiger partial charge in [-0.05, 0) is 23.6 Å². The van der Waals surface area contributed by atoms with Crippen molar-refractivity contribution in [2.45, 2.75) is 31.4 Å². The molecule has 0 aliphatic heterocycles. The topological polar surface area (TPSA) is 58.3 Å². The van der Waals surface area contributed by atoms with Crippen molar-refractivity contribution in [3.63, 3.8) is 0 Å². The molecule has 5 nitrogen and oxygen atoms in total. The molecule has 0 N–H and O–H groups in total. The molecule has 3 rings (SSSR count). The van der Waals surface area contributed by atoms with E-state index in [1.165, 1.54) is 23.3 Å². The highest BCUT2D eigenvalue weighted by molar-refractivity contribution is 5.39. The fourth-order valence-electron chi connectivity index (χ4n) is 3.31. The number of aryl methyl sites for hydroxylation is 1. The molecule has 5 heteroatoms. The average Bonchev–Trinajstić information content (AvgIpc) is 2.75. The standard InChI is InChI=1S/C19H22N2O3/c1-20(2)15-11-10-14-6-3-4-9-18(14)19(13-15)24-17-8-5-7-16(12-17)21(22)23/h3-9,12,15,19H,10-11,13H2,1-2H3/q+1. The summed E-state index contributed by atoms with van der Waals surface area (Å²) in [4.78, 5) is 12.8. The Morgan fingerprint density at radius 2 is 1.92 bits per heavy atom. The van der Waals surface area contributed by atoms with Crippen LogP contribution < -0.4 is 9.64 Å². The minimum atomic E-state index is -0.392. The molecule has 0 spiro atoms. The van der Waals surface area contributed by atoms with E-state index in [4.69, 9.17) is 4.74 Å². The molecule has 0 saturated carbocycles. The van der Waals surface area contributed by atoms with Crippen LogP contribution in [0, 0.1) is 10.1 Å². The van der Waals surface area contributed by atoms with Crippen molar-refractivity contribution < 1.29 is 9.66 Å². The predicted molar refractivity (Wildman–Crippen MR) is 93.6 cm³/mol. The largest absolute Gasteiger partial charge is 0.485 e. The molecule has 2 atom stereocenters. The second kappa shape index (κ2) is 7.01. The van der Waals surface area contributed by atoms with Gasteiger partial charge in [0.15, 0.2) is 0 Å². The summed E-state index contributed by atoms with van der Waals surface area (Å²) in [6, 6.07) is 15.2. The number of benzene rings is 2. The zero-order chi connectivity index (χ0) is 17.1. The van der Waals surface area contributed by atoms with Crippen LogP contribution in [0.2, 0.25) is 0 Å². The highest BCUT2D eigenvalue weighted by Gasteiger charge is 2.31. The molecule has 0 saturated heterocycles. The van der Waals surface area contributed by atoms with E-state index in [-0.39, 0.29) is 11.8 Å². The van der Waals surface area contributed by atoms with Crippen LogP contribution in [0.25, 0.3) is 0 Å². The number of nitro groups is 1. The third-order valence-corrected chi connectivity index (χ3v) is 4.67. The Bertz CT molecular complexity index is 730. The molecule has 24 heavy (non-hydrogen) atoms. The molecule has 0 bridgehead atoms. The molecule has 1 radical (unpaired) electrons. The number of non-ortho nitro benzene ring substituents is 1. The molecule has 2 aromatic carbocycles. The summed E-state index contributed by atoms with van der Waals surface area (Å²) in [5, 5.41) is 11.0. The van der Waals surface area contributed by atoms with Gasteiger partial charge in [-0.1, -0.05) is 30.3 Å². The third-order valence-electron chi connectivity index (χ3n) is 4.67. The van der Waals surface area contributed by atoms with Crippen LogP contribution in [-0.2, 0) is 6.42 Å². The summed E-state index contributed by atoms with van der Waals surface area (Å²) in [5.74, 6) is 0.545. The first kappa shape index (κ1) is 16.5. The summed E-state index contributed by atoms with van der Waals surface area (Å²) < 4.78 is 6.20. The molecule has 0 amide bonds. The van der Waals surface area contributed by atoms with Gasteiger partial charge in [-0.3, -0.25) is 10.1 Å². The summed E-state index contributed by atoms with van der Waals surface area (Å²) in [5.41, 5.74) is 2.55. The van der Waals surface area contributed by atoms with Gasteiger partial charge in [-0.25, -0.2) is 0 Å². The fourth-order valence-corrected chi connectivity index (χ4v) is 3.31. The minimum absolute atomic E-state index is 0.0542. The van der Waals surface area contributed by atoms with Gasteiger partial charge in [0.2, 0.25) is 0 Å². The number of ether oxygens (including phenoxy) is 1.